The molecule has 0 aliphatic carbocycles. The summed E-state index contributed by atoms with van der Waals surface area (Å²) in [5, 5.41) is 8.63. The predicted octanol–water partition coefficient (Wildman–Crippen LogP) is 1.82. The highest BCUT2D eigenvalue weighted by Gasteiger charge is 2.38. The highest BCUT2D eigenvalue weighted by molar-refractivity contribution is 6.82. The zero-order valence-corrected chi connectivity index (χ0v) is 10.4. The Morgan fingerprint density at radius 1 is 1.33 bits per heavy atom. The number of hydrogen-bond donors (Lipinski definition) is 1. The molecule has 0 aromatic carbocycles. The van der Waals surface area contributed by atoms with Gasteiger partial charge in [0, 0.05) is 0 Å². The Bertz CT molecular complexity index is 193. The zero-order valence-electron chi connectivity index (χ0n) is 8.38. The van der Waals surface area contributed by atoms with Crippen LogP contribution in [0.25, 0.3) is 0 Å². The summed E-state index contributed by atoms with van der Waals surface area (Å²) in [6.07, 6.45) is 0. The molecule has 0 saturated carbocycles. The van der Waals surface area contributed by atoms with Crippen LogP contribution in [0.5, 0.6) is 0 Å². The van der Waals surface area contributed by atoms with Crippen molar-refractivity contribution >= 4 is 16.9 Å². The molecule has 0 aromatic heterocycles. The lowest BCUT2D eigenvalue weighted by Crippen LogP contribution is -2.47. The molecule has 0 aromatic rings. The molecule has 0 rings (SSSR count). The molecule has 0 aliphatic rings. The van der Waals surface area contributed by atoms with Gasteiger partial charge >= 0.3 is 8.56 Å². The van der Waals surface area contributed by atoms with Gasteiger partial charge in [-0.2, -0.15) is 5.26 Å². The van der Waals surface area contributed by atoms with Crippen molar-refractivity contribution in [3.05, 3.63) is 0 Å². The van der Waals surface area contributed by atoms with Gasteiger partial charge < -0.3 is 8.91 Å². The molecule has 3 nitrogen and oxygen atoms in total. The fraction of sp³-hybridized carbons (Fsp3) is 0.857. The Labute approximate surface area is 76.4 Å². The highest BCUT2D eigenvalue weighted by atomic mass is 28.4. The molecule has 0 bridgehead atoms. The SMILES string of the molecule is CC(C#N)[Si](C)(O)O[Si](C)(C)C. The quantitative estimate of drug-likeness (QED) is 0.712. The maximum absolute atomic E-state index is 9.85. The third-order valence-corrected chi connectivity index (χ3v) is 7.35. The van der Waals surface area contributed by atoms with E-state index in [1.165, 1.54) is 0 Å². The lowest BCUT2D eigenvalue weighted by Gasteiger charge is -2.30. The van der Waals surface area contributed by atoms with Crippen LogP contribution >= 0.6 is 0 Å². The van der Waals surface area contributed by atoms with Crippen molar-refractivity contribution in [1.29, 1.82) is 5.26 Å². The van der Waals surface area contributed by atoms with Crippen LogP contribution in [0.15, 0.2) is 0 Å². The largest absolute Gasteiger partial charge is 0.435 e. The highest BCUT2D eigenvalue weighted by Crippen LogP contribution is 2.22. The van der Waals surface area contributed by atoms with E-state index in [9.17, 15) is 4.80 Å². The lowest BCUT2D eigenvalue weighted by molar-refractivity contribution is 0.370. The first-order valence-corrected chi connectivity index (χ1v) is 9.85. The predicted molar refractivity (Wildman–Crippen MR) is 53.3 cm³/mol. The van der Waals surface area contributed by atoms with Crippen LogP contribution in [-0.4, -0.2) is 21.7 Å². The van der Waals surface area contributed by atoms with Crippen LogP contribution in [0.3, 0.4) is 0 Å². The molecule has 0 aliphatic heterocycles. The topological polar surface area (TPSA) is 53.2 Å². The molecule has 0 amide bonds. The Balaban J connectivity index is 4.35. The van der Waals surface area contributed by atoms with Crippen LogP contribution in [0, 0.1) is 11.3 Å². The van der Waals surface area contributed by atoms with Crippen molar-refractivity contribution in [2.45, 2.75) is 38.7 Å². The standard InChI is InChI=1S/C7H17NO2Si2/c1-7(6-8)12(5,9)10-11(2,3)4/h7,9H,1-5H3. The second-order valence-corrected chi connectivity index (χ2v) is 12.1. The molecule has 0 saturated heterocycles. The molecule has 12 heavy (non-hydrogen) atoms. The first-order chi connectivity index (χ1) is 5.19. The first kappa shape index (κ1) is 11.8. The summed E-state index contributed by atoms with van der Waals surface area (Å²) >= 11 is 0. The molecule has 0 fully saturated rings. The first-order valence-electron chi connectivity index (χ1n) is 4.01. The number of hydrogen-bond acceptors (Lipinski definition) is 3. The van der Waals surface area contributed by atoms with E-state index in [2.05, 4.69) is 0 Å². The van der Waals surface area contributed by atoms with Crippen LogP contribution in [0.4, 0.5) is 0 Å². The van der Waals surface area contributed by atoms with E-state index in [4.69, 9.17) is 9.38 Å². The van der Waals surface area contributed by atoms with Gasteiger partial charge in [0.2, 0.25) is 0 Å². The van der Waals surface area contributed by atoms with Gasteiger partial charge in [0.05, 0.1) is 11.6 Å². The minimum Gasteiger partial charge on any atom is -0.435 e. The van der Waals surface area contributed by atoms with E-state index < -0.39 is 16.9 Å². The number of nitriles is 1. The van der Waals surface area contributed by atoms with E-state index >= 15 is 0 Å². The molecule has 0 spiro atoms. The summed E-state index contributed by atoms with van der Waals surface area (Å²) in [7, 11) is -4.45. The summed E-state index contributed by atoms with van der Waals surface area (Å²) in [4.78, 5) is 9.85. The van der Waals surface area contributed by atoms with Crippen LogP contribution < -0.4 is 0 Å². The van der Waals surface area contributed by atoms with Gasteiger partial charge in [-0.25, -0.2) is 0 Å². The van der Waals surface area contributed by atoms with Gasteiger partial charge in [0.15, 0.2) is 8.32 Å². The Morgan fingerprint density at radius 3 is 2.00 bits per heavy atom. The molecule has 5 heteroatoms. The molecular formula is C7H17NO2Si2. The van der Waals surface area contributed by atoms with Crippen molar-refractivity contribution in [2.24, 2.45) is 0 Å². The third kappa shape index (κ3) is 4.02. The zero-order chi connectivity index (χ0) is 9.99. The minimum absolute atomic E-state index is 0.357. The van der Waals surface area contributed by atoms with Crippen molar-refractivity contribution in [3.8, 4) is 6.07 Å². The molecule has 0 radical (unpaired) electrons. The van der Waals surface area contributed by atoms with Crippen molar-refractivity contribution < 1.29 is 8.91 Å². The maximum Gasteiger partial charge on any atom is 0.339 e. The smallest absolute Gasteiger partial charge is 0.339 e. The van der Waals surface area contributed by atoms with Gasteiger partial charge in [-0.15, -0.1) is 0 Å². The minimum atomic E-state index is -2.74. The van der Waals surface area contributed by atoms with Crippen LogP contribution in [0.2, 0.25) is 31.7 Å². The van der Waals surface area contributed by atoms with Crippen molar-refractivity contribution in [1.82, 2.24) is 0 Å². The summed E-state index contributed by atoms with van der Waals surface area (Å²) in [6, 6.07) is 2.04. The Hall–Kier alpha value is -0.156. The summed E-state index contributed by atoms with van der Waals surface area (Å²) in [5.74, 6) is 0. The summed E-state index contributed by atoms with van der Waals surface area (Å²) < 4.78 is 5.59. The fourth-order valence-corrected chi connectivity index (χ4v) is 6.73. The van der Waals surface area contributed by atoms with Gasteiger partial charge in [0.1, 0.15) is 0 Å². The molecule has 1 N–H and O–H groups in total. The van der Waals surface area contributed by atoms with E-state index in [1.54, 1.807) is 13.5 Å². The van der Waals surface area contributed by atoms with E-state index in [1.807, 2.05) is 25.7 Å². The lowest BCUT2D eigenvalue weighted by atomic mass is 10.5. The van der Waals surface area contributed by atoms with Gasteiger partial charge in [-0.1, -0.05) is 0 Å². The van der Waals surface area contributed by atoms with E-state index in [-0.39, 0.29) is 5.54 Å². The van der Waals surface area contributed by atoms with Crippen LogP contribution in [0.1, 0.15) is 6.92 Å². The average Bonchev–Trinajstić information content (AvgIpc) is 1.80. The molecule has 2 atom stereocenters. The summed E-state index contributed by atoms with van der Waals surface area (Å²) in [5.41, 5.74) is -0.357. The average molecular weight is 203 g/mol. The van der Waals surface area contributed by atoms with Crippen LogP contribution in [-0.2, 0) is 4.12 Å². The Kier molecular flexibility index (Phi) is 3.66. The second kappa shape index (κ2) is 3.70. The van der Waals surface area contributed by atoms with Gasteiger partial charge in [-0.3, -0.25) is 0 Å². The summed E-state index contributed by atoms with van der Waals surface area (Å²) in [6.45, 7) is 9.43. The molecule has 70 valence electrons. The normalized spacial score (nSPS) is 19.4. The van der Waals surface area contributed by atoms with Gasteiger partial charge in [0.25, 0.3) is 0 Å². The van der Waals surface area contributed by atoms with E-state index in [0.29, 0.717) is 0 Å². The monoisotopic (exact) mass is 203 g/mol. The fourth-order valence-electron chi connectivity index (χ4n) is 0.828. The molecular weight excluding hydrogens is 186 g/mol. The Morgan fingerprint density at radius 2 is 1.75 bits per heavy atom. The van der Waals surface area contributed by atoms with Crippen molar-refractivity contribution in [3.63, 3.8) is 0 Å². The number of nitrogens with zero attached hydrogens (tertiary/aromatic N) is 1. The van der Waals surface area contributed by atoms with Gasteiger partial charge in [-0.05, 0) is 33.1 Å². The maximum atomic E-state index is 9.85. The third-order valence-electron chi connectivity index (χ3n) is 1.51. The van der Waals surface area contributed by atoms with Crippen molar-refractivity contribution in [2.75, 3.05) is 0 Å². The molecule has 0 heterocycles. The number of rotatable bonds is 3. The molecule has 2 unspecified atom stereocenters. The van der Waals surface area contributed by atoms with E-state index in [0.717, 1.165) is 0 Å². The second-order valence-electron chi connectivity index (χ2n) is 4.12.